The highest BCUT2D eigenvalue weighted by molar-refractivity contribution is 5.83. The Hall–Kier alpha value is -2.22. The van der Waals surface area contributed by atoms with Crippen molar-refractivity contribution in [3.63, 3.8) is 0 Å². The van der Waals surface area contributed by atoms with E-state index in [0.29, 0.717) is 6.54 Å². The quantitative estimate of drug-likeness (QED) is 0.769. The Morgan fingerprint density at radius 3 is 2.58 bits per heavy atom. The predicted octanol–water partition coefficient (Wildman–Crippen LogP) is 0.870. The van der Waals surface area contributed by atoms with E-state index >= 15 is 0 Å². The Morgan fingerprint density at radius 2 is 1.96 bits per heavy atom. The van der Waals surface area contributed by atoms with Crippen LogP contribution in [0.5, 0.6) is 0 Å². The highest BCUT2D eigenvalue weighted by Gasteiger charge is 2.25. The lowest BCUT2D eigenvalue weighted by atomic mass is 10.0. The minimum Gasteiger partial charge on any atom is -0.379 e. The van der Waals surface area contributed by atoms with E-state index in [1.807, 2.05) is 31.4 Å². The van der Waals surface area contributed by atoms with E-state index in [9.17, 15) is 4.79 Å². The molecule has 2 aromatic rings. The van der Waals surface area contributed by atoms with E-state index in [4.69, 9.17) is 4.74 Å². The Bertz CT molecular complexity index is 697. The molecule has 1 fully saturated rings. The molecule has 1 aromatic carbocycles. The molecule has 2 atom stereocenters. The normalized spacial score (nSPS) is 17.6. The third-order valence-corrected chi connectivity index (χ3v) is 4.75. The molecular weight excluding hydrogens is 330 g/mol. The molecule has 0 saturated carbocycles. The molecule has 1 aliphatic heterocycles. The fourth-order valence-corrected chi connectivity index (χ4v) is 3.36. The molecule has 1 aromatic heterocycles. The summed E-state index contributed by atoms with van der Waals surface area (Å²) in [6.45, 7) is 3.75. The second-order valence-corrected chi connectivity index (χ2v) is 6.49. The van der Waals surface area contributed by atoms with E-state index in [0.717, 1.165) is 31.9 Å². The van der Waals surface area contributed by atoms with Gasteiger partial charge in [0.1, 0.15) is 6.04 Å². The number of rotatable bonds is 7. The summed E-state index contributed by atoms with van der Waals surface area (Å²) >= 11 is 0. The molecule has 1 amide bonds. The van der Waals surface area contributed by atoms with Crippen molar-refractivity contribution in [2.45, 2.75) is 12.1 Å². The molecule has 2 heterocycles. The van der Waals surface area contributed by atoms with Gasteiger partial charge in [0.2, 0.25) is 5.91 Å². The molecule has 0 aliphatic carbocycles. The maximum absolute atomic E-state index is 12.7. The van der Waals surface area contributed by atoms with Gasteiger partial charge in [0.25, 0.3) is 0 Å². The number of nitrogens with one attached hydrogen (secondary N) is 2. The molecule has 7 nitrogen and oxygen atoms in total. The number of carbonyl (C=O) groups excluding carboxylic acids is 1. The minimum absolute atomic E-state index is 0.0466. The second-order valence-electron chi connectivity index (χ2n) is 6.49. The number of benzene rings is 1. The summed E-state index contributed by atoms with van der Waals surface area (Å²) in [4.78, 5) is 15.1. The van der Waals surface area contributed by atoms with Gasteiger partial charge >= 0.3 is 0 Å². The first kappa shape index (κ1) is 18.6. The van der Waals surface area contributed by atoms with E-state index in [-0.39, 0.29) is 11.9 Å². The first-order chi connectivity index (χ1) is 12.7. The van der Waals surface area contributed by atoms with Crippen LogP contribution in [0.25, 0.3) is 0 Å². The number of carbonyl (C=O) groups is 1. The van der Waals surface area contributed by atoms with Crippen molar-refractivity contribution in [2.75, 3.05) is 39.9 Å². The number of ether oxygens (including phenoxy) is 1. The van der Waals surface area contributed by atoms with Gasteiger partial charge in [-0.1, -0.05) is 30.3 Å². The van der Waals surface area contributed by atoms with E-state index in [1.165, 1.54) is 5.56 Å². The number of nitrogens with zero attached hydrogens (tertiary/aromatic N) is 3. The van der Waals surface area contributed by atoms with Crippen LogP contribution < -0.4 is 10.6 Å². The van der Waals surface area contributed by atoms with Gasteiger partial charge < -0.3 is 15.4 Å². The zero-order chi connectivity index (χ0) is 18.4. The van der Waals surface area contributed by atoms with Crippen LogP contribution in [-0.4, -0.2) is 60.5 Å². The number of hydrogen-bond acceptors (Lipinski definition) is 5. The number of aryl methyl sites for hydroxylation is 1. The Kier molecular flexibility index (Phi) is 6.38. The molecule has 2 unspecified atom stereocenters. The maximum atomic E-state index is 12.7. The van der Waals surface area contributed by atoms with Gasteiger partial charge in [0.05, 0.1) is 25.5 Å². The van der Waals surface area contributed by atoms with Gasteiger partial charge in [-0.3, -0.25) is 14.4 Å². The van der Waals surface area contributed by atoms with Gasteiger partial charge in [-0.05, 0) is 12.6 Å². The van der Waals surface area contributed by atoms with Crippen molar-refractivity contribution < 1.29 is 9.53 Å². The van der Waals surface area contributed by atoms with Crippen molar-refractivity contribution in [3.05, 3.63) is 53.9 Å². The molecule has 26 heavy (non-hydrogen) atoms. The van der Waals surface area contributed by atoms with Crippen LogP contribution in [0.3, 0.4) is 0 Å². The van der Waals surface area contributed by atoms with Crippen molar-refractivity contribution in [3.8, 4) is 0 Å². The van der Waals surface area contributed by atoms with Crippen LogP contribution >= 0.6 is 0 Å². The molecule has 2 N–H and O–H groups in total. The summed E-state index contributed by atoms with van der Waals surface area (Å²) in [6.07, 6.45) is 3.58. The first-order valence-corrected chi connectivity index (χ1v) is 8.99. The largest absolute Gasteiger partial charge is 0.379 e. The highest BCUT2D eigenvalue weighted by atomic mass is 16.5. The molecule has 0 bridgehead atoms. The fourth-order valence-electron chi connectivity index (χ4n) is 3.36. The van der Waals surface area contributed by atoms with Crippen LogP contribution in [0, 0.1) is 0 Å². The molecule has 0 radical (unpaired) electrons. The van der Waals surface area contributed by atoms with Crippen molar-refractivity contribution in [1.82, 2.24) is 25.3 Å². The van der Waals surface area contributed by atoms with Crippen molar-refractivity contribution in [1.29, 1.82) is 0 Å². The van der Waals surface area contributed by atoms with Crippen LogP contribution in [0.15, 0.2) is 42.7 Å². The summed E-state index contributed by atoms with van der Waals surface area (Å²) in [5, 5.41) is 10.4. The summed E-state index contributed by atoms with van der Waals surface area (Å²) in [6, 6.07) is 10.0. The van der Waals surface area contributed by atoms with Crippen LogP contribution in [-0.2, 0) is 16.6 Å². The SMILES string of the molecule is CNC(C(=O)NCC(c1ccccc1)N1CCOCC1)c1cnn(C)c1. The number of amides is 1. The number of morpholine rings is 1. The summed E-state index contributed by atoms with van der Waals surface area (Å²) < 4.78 is 7.18. The van der Waals surface area contributed by atoms with Crippen LogP contribution in [0.4, 0.5) is 0 Å². The Balaban J connectivity index is 1.69. The van der Waals surface area contributed by atoms with E-state index < -0.39 is 6.04 Å². The summed E-state index contributed by atoms with van der Waals surface area (Å²) in [7, 11) is 3.63. The molecule has 7 heteroatoms. The average molecular weight is 357 g/mol. The molecular formula is C19H27N5O2. The van der Waals surface area contributed by atoms with Gasteiger partial charge in [-0.25, -0.2) is 0 Å². The van der Waals surface area contributed by atoms with E-state index in [2.05, 4.69) is 32.8 Å². The zero-order valence-electron chi connectivity index (χ0n) is 15.4. The standard InChI is InChI=1S/C19H27N5O2/c1-20-18(16-12-22-23(2)14-16)19(25)21-13-17(15-6-4-3-5-7-15)24-8-10-26-11-9-24/h3-7,12,14,17-18,20H,8-11,13H2,1-2H3,(H,21,25). The maximum Gasteiger partial charge on any atom is 0.241 e. The predicted molar refractivity (Wildman–Crippen MR) is 99.6 cm³/mol. The third kappa shape index (κ3) is 4.49. The number of aromatic nitrogens is 2. The Morgan fingerprint density at radius 1 is 1.23 bits per heavy atom. The number of likely N-dealkylation sites (N-methyl/N-ethyl adjacent to an activating group) is 1. The lowest BCUT2D eigenvalue weighted by Crippen LogP contribution is -2.45. The van der Waals surface area contributed by atoms with Gasteiger partial charge in [-0.2, -0.15) is 5.10 Å². The number of hydrogen-bond donors (Lipinski definition) is 2. The van der Waals surface area contributed by atoms with E-state index in [1.54, 1.807) is 17.9 Å². The zero-order valence-corrected chi connectivity index (χ0v) is 15.4. The smallest absolute Gasteiger partial charge is 0.241 e. The topological polar surface area (TPSA) is 71.4 Å². The lowest BCUT2D eigenvalue weighted by molar-refractivity contribution is -0.123. The highest BCUT2D eigenvalue weighted by Crippen LogP contribution is 2.21. The fraction of sp³-hybridized carbons (Fsp3) is 0.474. The van der Waals surface area contributed by atoms with Gasteiger partial charge in [0, 0.05) is 38.4 Å². The Labute approximate surface area is 154 Å². The van der Waals surface area contributed by atoms with Gasteiger partial charge in [0.15, 0.2) is 0 Å². The monoisotopic (exact) mass is 357 g/mol. The van der Waals surface area contributed by atoms with Crippen LogP contribution in [0.1, 0.15) is 23.2 Å². The molecule has 1 aliphatic rings. The summed E-state index contributed by atoms with van der Waals surface area (Å²) in [5.74, 6) is -0.0466. The lowest BCUT2D eigenvalue weighted by Gasteiger charge is -2.35. The average Bonchev–Trinajstić information content (AvgIpc) is 3.10. The molecule has 1 saturated heterocycles. The van der Waals surface area contributed by atoms with Crippen LogP contribution in [0.2, 0.25) is 0 Å². The summed E-state index contributed by atoms with van der Waals surface area (Å²) in [5.41, 5.74) is 2.06. The second kappa shape index (κ2) is 8.93. The first-order valence-electron chi connectivity index (χ1n) is 8.99. The van der Waals surface area contributed by atoms with Crippen molar-refractivity contribution in [2.24, 2.45) is 7.05 Å². The van der Waals surface area contributed by atoms with Gasteiger partial charge in [-0.15, -0.1) is 0 Å². The minimum atomic E-state index is -0.412. The van der Waals surface area contributed by atoms with Crippen molar-refractivity contribution >= 4 is 5.91 Å². The molecule has 140 valence electrons. The molecule has 0 spiro atoms. The molecule has 3 rings (SSSR count). The third-order valence-electron chi connectivity index (χ3n) is 4.75.